The number of thiophene rings is 1. The van der Waals surface area contributed by atoms with Crippen LogP contribution in [0.3, 0.4) is 0 Å². The first kappa shape index (κ1) is 20.1. The maximum atomic E-state index is 11.3. The minimum atomic E-state index is -1.55. The molecule has 0 amide bonds. The molecule has 1 aromatic heterocycles. The Morgan fingerprint density at radius 1 is 1.15 bits per heavy atom. The summed E-state index contributed by atoms with van der Waals surface area (Å²) in [7, 11) is 0. The molecule has 0 bridgehead atoms. The van der Waals surface area contributed by atoms with Gasteiger partial charge in [-0.05, 0) is 35.7 Å². The Morgan fingerprint density at radius 2 is 1.70 bits per heavy atom. The van der Waals surface area contributed by atoms with Gasteiger partial charge in [-0.25, -0.2) is 0 Å². The molecule has 0 atom stereocenters. The molecule has 94 valence electrons. The summed E-state index contributed by atoms with van der Waals surface area (Å²) in [6.45, 7) is 1.36. The Balaban J connectivity index is 0.00000180. The van der Waals surface area contributed by atoms with Crippen LogP contribution in [0.4, 0.5) is 0 Å². The molecule has 0 unspecified atom stereocenters. The van der Waals surface area contributed by atoms with Crippen LogP contribution in [0.15, 0.2) is 30.3 Å². The van der Waals surface area contributed by atoms with Crippen molar-refractivity contribution in [2.24, 2.45) is 5.41 Å². The molecule has 0 spiro atoms. The van der Waals surface area contributed by atoms with Gasteiger partial charge in [0, 0.05) is 15.0 Å². The molecule has 1 aromatic carbocycles. The number of nitrogens with one attached hydrogen (secondary N) is 2. The van der Waals surface area contributed by atoms with Gasteiger partial charge in [0.15, 0.2) is 0 Å². The molecular weight excluding hydrogens is 294 g/mol. The number of fused-ring (bicyclic) bond motifs is 1. The van der Waals surface area contributed by atoms with Gasteiger partial charge in [0.25, 0.3) is 0 Å². The van der Waals surface area contributed by atoms with Gasteiger partial charge in [0.1, 0.15) is 0 Å². The maximum absolute atomic E-state index is 11.3. The fourth-order valence-electron chi connectivity index (χ4n) is 1.74. The smallest absolute Gasteiger partial charge is 0.862 e. The van der Waals surface area contributed by atoms with Crippen molar-refractivity contribution in [1.82, 2.24) is 0 Å². The van der Waals surface area contributed by atoms with E-state index in [4.69, 9.17) is 10.8 Å². The second kappa shape index (κ2) is 7.94. The van der Waals surface area contributed by atoms with Crippen LogP contribution in [-0.2, 0) is 6.42 Å². The van der Waals surface area contributed by atoms with E-state index in [-0.39, 0.29) is 65.5 Å². The average Bonchev–Trinajstić information content (AvgIpc) is 2.70. The molecule has 0 saturated heterocycles. The van der Waals surface area contributed by atoms with E-state index in [2.05, 4.69) is 0 Å². The van der Waals surface area contributed by atoms with Gasteiger partial charge in [-0.3, -0.25) is 0 Å². The van der Waals surface area contributed by atoms with E-state index in [0.717, 1.165) is 15.0 Å². The molecule has 0 aliphatic rings. The molecule has 1 heterocycles. The molecule has 7 heteroatoms. The topological polar surface area (TPSA) is 93.8 Å². The zero-order valence-electron chi connectivity index (χ0n) is 11.8. The zero-order chi connectivity index (χ0) is 13.3. The number of benzene rings is 1. The number of rotatable bonds is 4. The quantitative estimate of drug-likeness (QED) is 0.337. The SMILES string of the molecule is CC(Cc1cc2ccccc2s1)(C(=N)[O-])C(=N)[O-].[Na+].[Na+]. The maximum Gasteiger partial charge on any atom is 1.00 e. The molecule has 0 radical (unpaired) electrons. The minimum absolute atomic E-state index is 0. The van der Waals surface area contributed by atoms with E-state index in [9.17, 15) is 10.2 Å². The first-order valence-corrected chi connectivity index (χ1v) is 6.24. The first-order chi connectivity index (χ1) is 8.43. The van der Waals surface area contributed by atoms with Gasteiger partial charge < -0.3 is 21.0 Å². The predicted octanol–water partition coefficient (Wildman–Crippen LogP) is -4.87. The molecule has 4 nitrogen and oxygen atoms in total. The van der Waals surface area contributed by atoms with Crippen LogP contribution in [0.1, 0.15) is 11.8 Å². The molecule has 0 aliphatic heterocycles. The molecule has 2 N–H and O–H groups in total. The summed E-state index contributed by atoms with van der Waals surface area (Å²) in [6, 6.07) is 9.67. The van der Waals surface area contributed by atoms with Gasteiger partial charge in [-0.2, -0.15) is 0 Å². The van der Waals surface area contributed by atoms with Gasteiger partial charge in [0.05, 0.1) is 0 Å². The van der Waals surface area contributed by atoms with Crippen LogP contribution in [-0.4, -0.2) is 11.8 Å². The van der Waals surface area contributed by atoms with Crippen molar-refractivity contribution in [3.05, 3.63) is 35.2 Å². The van der Waals surface area contributed by atoms with Crippen LogP contribution in [0.2, 0.25) is 0 Å². The van der Waals surface area contributed by atoms with Crippen molar-refractivity contribution in [3.8, 4) is 0 Å². The van der Waals surface area contributed by atoms with Crippen molar-refractivity contribution < 1.29 is 69.3 Å². The molecular formula is C13H12N2Na2O2S. The van der Waals surface area contributed by atoms with E-state index in [1.54, 1.807) is 0 Å². The third-order valence-electron chi connectivity index (χ3n) is 3.01. The van der Waals surface area contributed by atoms with Crippen molar-refractivity contribution in [1.29, 1.82) is 10.8 Å². The molecule has 0 aliphatic carbocycles. The van der Waals surface area contributed by atoms with Gasteiger partial charge in [-0.15, -0.1) is 11.3 Å². The fourth-order valence-corrected chi connectivity index (χ4v) is 2.96. The standard InChI is InChI=1S/C13H14N2O2S.2Na/c1-13(11(14)16,12(15)17)7-9-6-8-4-2-3-5-10(8)18-9;;/h2-6H,7H2,1H3,(H2,14,16)(H2,15,17);;/q;2*+1/p-2. The van der Waals surface area contributed by atoms with Crippen LogP contribution in [0.5, 0.6) is 0 Å². The average molecular weight is 306 g/mol. The zero-order valence-corrected chi connectivity index (χ0v) is 16.6. The molecule has 20 heavy (non-hydrogen) atoms. The normalized spacial score (nSPS) is 12.8. The van der Waals surface area contributed by atoms with E-state index in [1.165, 1.54) is 18.3 Å². The Morgan fingerprint density at radius 3 is 2.20 bits per heavy atom. The van der Waals surface area contributed by atoms with Crippen LogP contribution in [0.25, 0.3) is 10.1 Å². The number of hydrogen-bond donors (Lipinski definition) is 2. The summed E-state index contributed by atoms with van der Waals surface area (Å²) in [6.07, 6.45) is 0.122. The summed E-state index contributed by atoms with van der Waals surface area (Å²) in [5.74, 6) is -2.00. The van der Waals surface area contributed by atoms with E-state index < -0.39 is 17.2 Å². The van der Waals surface area contributed by atoms with Crippen molar-refractivity contribution >= 4 is 33.2 Å². The summed E-state index contributed by atoms with van der Waals surface area (Å²) < 4.78 is 1.07. The predicted molar refractivity (Wildman–Crippen MR) is 69.1 cm³/mol. The van der Waals surface area contributed by atoms with E-state index in [0.29, 0.717) is 0 Å². The monoisotopic (exact) mass is 306 g/mol. The third-order valence-corrected chi connectivity index (χ3v) is 4.12. The van der Waals surface area contributed by atoms with Crippen LogP contribution in [0, 0.1) is 16.2 Å². The Bertz CT molecular complexity index is 581. The van der Waals surface area contributed by atoms with Crippen molar-refractivity contribution in [2.75, 3.05) is 0 Å². The Hall–Kier alpha value is 0.120. The van der Waals surface area contributed by atoms with Gasteiger partial charge >= 0.3 is 59.1 Å². The summed E-state index contributed by atoms with van der Waals surface area (Å²) in [4.78, 5) is 0.847. The largest absolute Gasteiger partial charge is 1.00 e. The fraction of sp³-hybridized carbons (Fsp3) is 0.231. The minimum Gasteiger partial charge on any atom is -0.862 e. The number of hydrogen-bond acceptors (Lipinski definition) is 5. The summed E-state index contributed by atoms with van der Waals surface area (Å²) in [5, 5.41) is 37.9. The van der Waals surface area contributed by atoms with Crippen LogP contribution >= 0.6 is 11.3 Å². The summed E-state index contributed by atoms with van der Waals surface area (Å²) in [5.41, 5.74) is -1.55. The third kappa shape index (κ3) is 4.07. The van der Waals surface area contributed by atoms with Gasteiger partial charge in [0.2, 0.25) is 0 Å². The second-order valence-electron chi connectivity index (χ2n) is 4.42. The molecule has 2 aromatic rings. The van der Waals surface area contributed by atoms with E-state index >= 15 is 0 Å². The Kier molecular flexibility index (Phi) is 7.99. The second-order valence-corrected chi connectivity index (χ2v) is 5.59. The van der Waals surface area contributed by atoms with Crippen molar-refractivity contribution in [3.63, 3.8) is 0 Å². The Labute approximate surface area is 165 Å². The summed E-state index contributed by atoms with van der Waals surface area (Å²) >= 11 is 1.49. The molecule has 0 saturated carbocycles. The molecule has 2 rings (SSSR count). The van der Waals surface area contributed by atoms with Crippen LogP contribution < -0.4 is 69.3 Å². The first-order valence-electron chi connectivity index (χ1n) is 5.43. The van der Waals surface area contributed by atoms with Gasteiger partial charge in [-0.1, -0.05) is 25.1 Å². The van der Waals surface area contributed by atoms with Crippen molar-refractivity contribution in [2.45, 2.75) is 13.3 Å². The molecule has 0 fully saturated rings. The van der Waals surface area contributed by atoms with E-state index in [1.807, 2.05) is 30.3 Å².